The minimum atomic E-state index is -1.47. The van der Waals surface area contributed by atoms with E-state index >= 15 is 0 Å². The number of amides is 3. The van der Waals surface area contributed by atoms with Gasteiger partial charge in [0.2, 0.25) is 5.91 Å². The van der Waals surface area contributed by atoms with Gasteiger partial charge in [0.1, 0.15) is 0 Å². The van der Waals surface area contributed by atoms with Crippen LogP contribution in [0.2, 0.25) is 0 Å². The van der Waals surface area contributed by atoms with Crippen LogP contribution in [0, 0.1) is 0 Å². The Morgan fingerprint density at radius 2 is 2.22 bits per heavy atom. The lowest BCUT2D eigenvalue weighted by molar-refractivity contribution is -0.146. The second-order valence-electron chi connectivity index (χ2n) is 4.08. The lowest BCUT2D eigenvalue weighted by atomic mass is 10.1. The number of rotatable bonds is 5. The molecule has 1 rings (SSSR count). The highest BCUT2D eigenvalue weighted by atomic mass is 16.4. The van der Waals surface area contributed by atoms with Gasteiger partial charge in [-0.25, -0.2) is 9.59 Å². The Morgan fingerprint density at radius 1 is 1.50 bits per heavy atom. The van der Waals surface area contributed by atoms with Gasteiger partial charge in [-0.05, 0) is 6.42 Å². The molecule has 0 aromatic heterocycles. The van der Waals surface area contributed by atoms with Crippen molar-refractivity contribution in [2.24, 2.45) is 0 Å². The molecule has 2 unspecified atom stereocenters. The largest absolute Gasteiger partial charge is 0.479 e. The fraction of sp³-hybridized carbons (Fsp3) is 0.700. The fourth-order valence-electron chi connectivity index (χ4n) is 1.54. The van der Waals surface area contributed by atoms with Gasteiger partial charge in [-0.1, -0.05) is 0 Å². The summed E-state index contributed by atoms with van der Waals surface area (Å²) in [6.07, 6.45) is -0.566. The first kappa shape index (κ1) is 14.2. The number of aliphatic hydroxyl groups excluding tert-OH is 1. The standard InChI is InChI=1S/C10H17N3O5/c14-7(9(16)17)3-4-11-10(18)13-6-1-2-8(15)12-5-6/h6-7,14H,1-5H2,(H,12,15)(H,16,17)(H2,11,13,18). The summed E-state index contributed by atoms with van der Waals surface area (Å²) in [5.41, 5.74) is 0. The minimum absolute atomic E-state index is 0.0296. The average Bonchev–Trinajstić information content (AvgIpc) is 2.32. The Hall–Kier alpha value is -1.83. The van der Waals surface area contributed by atoms with Crippen molar-refractivity contribution in [3.8, 4) is 0 Å². The van der Waals surface area contributed by atoms with E-state index in [1.54, 1.807) is 0 Å². The third-order valence-electron chi connectivity index (χ3n) is 2.59. The Balaban J connectivity index is 2.14. The molecule has 0 radical (unpaired) electrons. The first-order valence-electron chi connectivity index (χ1n) is 5.71. The monoisotopic (exact) mass is 259 g/mol. The number of carbonyl (C=O) groups is 3. The predicted octanol–water partition coefficient (Wildman–Crippen LogP) is -1.60. The average molecular weight is 259 g/mol. The van der Waals surface area contributed by atoms with Gasteiger partial charge in [0, 0.05) is 32.0 Å². The number of carboxylic acids is 1. The first-order chi connectivity index (χ1) is 8.49. The van der Waals surface area contributed by atoms with Crippen LogP contribution in [0.1, 0.15) is 19.3 Å². The number of aliphatic carboxylic acids is 1. The third-order valence-corrected chi connectivity index (χ3v) is 2.59. The smallest absolute Gasteiger partial charge is 0.332 e. The number of nitrogens with one attached hydrogen (secondary N) is 3. The van der Waals surface area contributed by atoms with Crippen molar-refractivity contribution in [3.05, 3.63) is 0 Å². The molecule has 8 heteroatoms. The van der Waals surface area contributed by atoms with E-state index in [1.165, 1.54) is 0 Å². The highest BCUT2D eigenvalue weighted by Crippen LogP contribution is 2.02. The van der Waals surface area contributed by atoms with E-state index in [1.807, 2.05) is 0 Å². The fourth-order valence-corrected chi connectivity index (χ4v) is 1.54. The molecule has 0 spiro atoms. The molecule has 2 atom stereocenters. The number of hydrogen-bond donors (Lipinski definition) is 5. The maximum absolute atomic E-state index is 11.4. The number of urea groups is 1. The second kappa shape index (κ2) is 6.80. The SMILES string of the molecule is O=C1CCC(NC(=O)NCCC(O)C(=O)O)CN1. The molecule has 3 amide bonds. The maximum Gasteiger partial charge on any atom is 0.332 e. The lowest BCUT2D eigenvalue weighted by Crippen LogP contribution is -2.50. The van der Waals surface area contributed by atoms with E-state index in [9.17, 15) is 14.4 Å². The molecule has 102 valence electrons. The quantitative estimate of drug-likeness (QED) is 0.406. The third kappa shape index (κ3) is 5.00. The number of aliphatic hydroxyl groups is 1. The zero-order valence-corrected chi connectivity index (χ0v) is 9.81. The molecule has 8 nitrogen and oxygen atoms in total. The molecule has 5 N–H and O–H groups in total. The van der Waals surface area contributed by atoms with Gasteiger partial charge in [0.25, 0.3) is 0 Å². The van der Waals surface area contributed by atoms with Gasteiger partial charge in [0.15, 0.2) is 6.10 Å². The highest BCUT2D eigenvalue weighted by molar-refractivity contribution is 5.78. The van der Waals surface area contributed by atoms with Gasteiger partial charge in [0.05, 0.1) is 0 Å². The van der Waals surface area contributed by atoms with E-state index in [0.717, 1.165) is 0 Å². The Labute approximate surface area is 104 Å². The van der Waals surface area contributed by atoms with Crippen molar-refractivity contribution in [1.82, 2.24) is 16.0 Å². The van der Waals surface area contributed by atoms with Crippen molar-refractivity contribution in [1.29, 1.82) is 0 Å². The summed E-state index contributed by atoms with van der Waals surface area (Å²) < 4.78 is 0. The molecular weight excluding hydrogens is 242 g/mol. The van der Waals surface area contributed by atoms with Gasteiger partial charge >= 0.3 is 12.0 Å². The van der Waals surface area contributed by atoms with Crippen molar-refractivity contribution >= 4 is 17.9 Å². The van der Waals surface area contributed by atoms with E-state index < -0.39 is 18.1 Å². The molecule has 1 saturated heterocycles. The highest BCUT2D eigenvalue weighted by Gasteiger charge is 2.19. The summed E-state index contributed by atoms with van der Waals surface area (Å²) in [5.74, 6) is -1.34. The van der Waals surface area contributed by atoms with Crippen LogP contribution >= 0.6 is 0 Å². The molecule has 18 heavy (non-hydrogen) atoms. The zero-order valence-electron chi connectivity index (χ0n) is 9.81. The summed E-state index contributed by atoms with van der Waals surface area (Å²) in [5, 5.41) is 25.1. The number of piperidine rings is 1. The van der Waals surface area contributed by atoms with Crippen LogP contribution in [0.4, 0.5) is 4.79 Å². The molecule has 0 bridgehead atoms. The van der Waals surface area contributed by atoms with Crippen molar-refractivity contribution in [2.75, 3.05) is 13.1 Å². The van der Waals surface area contributed by atoms with Crippen LogP contribution in [0.5, 0.6) is 0 Å². The number of hydrogen-bond acceptors (Lipinski definition) is 4. The Morgan fingerprint density at radius 3 is 2.78 bits per heavy atom. The number of carboxylic acid groups (broad SMARTS) is 1. The summed E-state index contributed by atoms with van der Waals surface area (Å²) in [4.78, 5) is 32.6. The zero-order chi connectivity index (χ0) is 13.5. The molecule has 1 fully saturated rings. The normalized spacial score (nSPS) is 20.7. The molecule has 1 aliphatic rings. The number of carbonyl (C=O) groups excluding carboxylic acids is 2. The van der Waals surface area contributed by atoms with Gasteiger partial charge in [-0.15, -0.1) is 0 Å². The van der Waals surface area contributed by atoms with E-state index in [2.05, 4.69) is 16.0 Å². The first-order valence-corrected chi connectivity index (χ1v) is 5.71. The summed E-state index contributed by atoms with van der Waals surface area (Å²) in [7, 11) is 0. The molecule has 0 aromatic rings. The van der Waals surface area contributed by atoms with Crippen LogP contribution in [-0.2, 0) is 9.59 Å². The van der Waals surface area contributed by atoms with E-state index in [-0.39, 0.29) is 24.9 Å². The van der Waals surface area contributed by atoms with Crippen LogP contribution in [0.15, 0.2) is 0 Å². The second-order valence-corrected chi connectivity index (χ2v) is 4.08. The Bertz CT molecular complexity index is 323. The minimum Gasteiger partial charge on any atom is -0.479 e. The van der Waals surface area contributed by atoms with Crippen LogP contribution in [-0.4, -0.2) is 53.4 Å². The lowest BCUT2D eigenvalue weighted by Gasteiger charge is -2.23. The Kier molecular flexibility index (Phi) is 5.37. The summed E-state index contributed by atoms with van der Waals surface area (Å²) >= 11 is 0. The van der Waals surface area contributed by atoms with Gasteiger partial charge in [-0.2, -0.15) is 0 Å². The van der Waals surface area contributed by atoms with Crippen LogP contribution in [0.3, 0.4) is 0 Å². The molecule has 0 saturated carbocycles. The molecule has 1 aliphatic heterocycles. The van der Waals surface area contributed by atoms with Gasteiger partial charge < -0.3 is 26.2 Å². The van der Waals surface area contributed by atoms with Gasteiger partial charge in [-0.3, -0.25) is 4.79 Å². The molecule has 0 aromatic carbocycles. The van der Waals surface area contributed by atoms with E-state index in [4.69, 9.17) is 10.2 Å². The molecule has 1 heterocycles. The summed E-state index contributed by atoms with van der Waals surface area (Å²) in [6.45, 7) is 0.461. The van der Waals surface area contributed by atoms with Crippen LogP contribution in [0.25, 0.3) is 0 Å². The van der Waals surface area contributed by atoms with Crippen LogP contribution < -0.4 is 16.0 Å². The molecule has 0 aliphatic carbocycles. The van der Waals surface area contributed by atoms with Crippen molar-refractivity contribution < 1.29 is 24.6 Å². The predicted molar refractivity (Wildman–Crippen MR) is 60.8 cm³/mol. The molecular formula is C10H17N3O5. The van der Waals surface area contributed by atoms with Crippen molar-refractivity contribution in [2.45, 2.75) is 31.4 Å². The topological polar surface area (TPSA) is 128 Å². The van der Waals surface area contributed by atoms with E-state index in [0.29, 0.717) is 19.4 Å². The summed E-state index contributed by atoms with van der Waals surface area (Å²) in [6, 6.07) is -0.555. The maximum atomic E-state index is 11.4. The van der Waals surface area contributed by atoms with Crippen molar-refractivity contribution in [3.63, 3.8) is 0 Å².